The van der Waals surface area contributed by atoms with Crippen molar-refractivity contribution in [2.75, 3.05) is 10.6 Å². The first-order valence-corrected chi connectivity index (χ1v) is 8.59. The number of carbonyl (C=O) groups is 2. The molecule has 0 aliphatic carbocycles. The van der Waals surface area contributed by atoms with Gasteiger partial charge in [0.25, 0.3) is 0 Å². The van der Waals surface area contributed by atoms with Gasteiger partial charge in [-0.25, -0.2) is 9.07 Å². The average molecular weight is 385 g/mol. The van der Waals surface area contributed by atoms with Crippen molar-refractivity contribution in [1.29, 1.82) is 0 Å². The van der Waals surface area contributed by atoms with Crippen molar-refractivity contribution in [1.82, 2.24) is 9.78 Å². The Morgan fingerprint density at radius 1 is 1.22 bits per heavy atom. The van der Waals surface area contributed by atoms with Gasteiger partial charge in [0.2, 0.25) is 11.8 Å². The van der Waals surface area contributed by atoms with Gasteiger partial charge in [-0.15, -0.1) is 0 Å². The molecule has 2 amide bonds. The van der Waals surface area contributed by atoms with E-state index >= 15 is 0 Å². The summed E-state index contributed by atoms with van der Waals surface area (Å²) in [4.78, 5) is 24.9. The number of anilines is 2. The molecule has 0 radical (unpaired) electrons. The third kappa shape index (κ3) is 3.29. The molecular formula is C19H14ClFN4O2. The van der Waals surface area contributed by atoms with Gasteiger partial charge in [-0.3, -0.25) is 9.59 Å². The number of nitrogens with one attached hydrogen (secondary N) is 2. The van der Waals surface area contributed by atoms with Crippen LogP contribution in [0.2, 0.25) is 5.02 Å². The Morgan fingerprint density at radius 3 is 2.70 bits per heavy atom. The fourth-order valence-corrected chi connectivity index (χ4v) is 3.17. The van der Waals surface area contributed by atoms with Crippen LogP contribution in [0.5, 0.6) is 0 Å². The maximum Gasteiger partial charge on any atom is 0.249 e. The highest BCUT2D eigenvalue weighted by Crippen LogP contribution is 2.34. The maximum atomic E-state index is 13.2. The fraction of sp³-hybridized carbons (Fsp3) is 0.105. The molecule has 0 saturated carbocycles. The van der Waals surface area contributed by atoms with Crippen LogP contribution in [-0.4, -0.2) is 21.6 Å². The molecule has 0 spiro atoms. The summed E-state index contributed by atoms with van der Waals surface area (Å²) in [6.07, 6.45) is 1.50. The van der Waals surface area contributed by atoms with Crippen LogP contribution in [0.1, 0.15) is 12.5 Å². The number of hydrogen-bond acceptors (Lipinski definition) is 3. The van der Waals surface area contributed by atoms with E-state index in [1.807, 2.05) is 0 Å². The van der Waals surface area contributed by atoms with E-state index in [0.717, 1.165) is 0 Å². The van der Waals surface area contributed by atoms with Crippen molar-refractivity contribution < 1.29 is 14.0 Å². The van der Waals surface area contributed by atoms with Gasteiger partial charge in [-0.2, -0.15) is 5.10 Å². The third-order valence-corrected chi connectivity index (χ3v) is 4.65. The molecule has 0 unspecified atom stereocenters. The molecule has 2 N–H and O–H groups in total. The van der Waals surface area contributed by atoms with Crippen LogP contribution in [0, 0.1) is 5.82 Å². The number of benzene rings is 2. The van der Waals surface area contributed by atoms with Crippen LogP contribution in [0.4, 0.5) is 15.9 Å². The zero-order valence-corrected chi connectivity index (χ0v) is 14.7. The van der Waals surface area contributed by atoms with Gasteiger partial charge in [-0.05, 0) is 29.8 Å². The first-order chi connectivity index (χ1) is 13.0. The summed E-state index contributed by atoms with van der Waals surface area (Å²) in [6.45, 7) is 0. The lowest BCUT2D eigenvalue weighted by molar-refractivity contribution is -0.125. The summed E-state index contributed by atoms with van der Waals surface area (Å²) in [7, 11) is 0. The minimum atomic E-state index is -0.820. The Morgan fingerprint density at radius 2 is 1.96 bits per heavy atom. The Labute approximate surface area is 158 Å². The topological polar surface area (TPSA) is 76.0 Å². The number of aromatic nitrogens is 2. The lowest BCUT2D eigenvalue weighted by atomic mass is 10.1. The number of hydrogen-bond donors (Lipinski definition) is 2. The molecule has 4 rings (SSSR count). The highest BCUT2D eigenvalue weighted by Gasteiger charge is 2.33. The highest BCUT2D eigenvalue weighted by molar-refractivity contribution is 6.33. The smallest absolute Gasteiger partial charge is 0.249 e. The van der Waals surface area contributed by atoms with Crippen LogP contribution in [0.15, 0.2) is 54.7 Å². The normalized spacial score (nSPS) is 15.8. The molecule has 1 atom stereocenters. The van der Waals surface area contributed by atoms with E-state index < -0.39 is 11.9 Å². The molecule has 136 valence electrons. The van der Waals surface area contributed by atoms with Crippen molar-refractivity contribution in [3.63, 3.8) is 0 Å². The molecule has 27 heavy (non-hydrogen) atoms. The molecule has 0 fully saturated rings. The van der Waals surface area contributed by atoms with E-state index in [4.69, 9.17) is 11.6 Å². The first kappa shape index (κ1) is 17.2. The van der Waals surface area contributed by atoms with Crippen molar-refractivity contribution in [3.05, 3.63) is 65.6 Å². The summed E-state index contributed by atoms with van der Waals surface area (Å²) < 4.78 is 14.6. The van der Waals surface area contributed by atoms with Crippen molar-refractivity contribution in [2.45, 2.75) is 12.5 Å². The molecule has 2 heterocycles. The molecule has 3 aromatic rings. The average Bonchev–Trinajstić information content (AvgIpc) is 3.07. The van der Waals surface area contributed by atoms with Crippen LogP contribution in [-0.2, 0) is 9.59 Å². The van der Waals surface area contributed by atoms with E-state index in [0.29, 0.717) is 27.7 Å². The molecule has 0 saturated heterocycles. The van der Waals surface area contributed by atoms with Gasteiger partial charge in [-0.1, -0.05) is 35.9 Å². The number of halogens is 2. The SMILES string of the molecule is O=C1C[C@H](C(=O)Nc2ccccc2Cl)n2ncc(-c3ccc(F)cc3)c2N1. The van der Waals surface area contributed by atoms with Crippen LogP contribution in [0.3, 0.4) is 0 Å². The van der Waals surface area contributed by atoms with Crippen molar-refractivity contribution in [2.24, 2.45) is 0 Å². The minimum absolute atomic E-state index is 0.0478. The number of carbonyl (C=O) groups excluding carboxylic acids is 2. The maximum absolute atomic E-state index is 13.2. The molecular weight excluding hydrogens is 371 g/mol. The third-order valence-electron chi connectivity index (χ3n) is 4.32. The number of nitrogens with zero attached hydrogens (tertiary/aromatic N) is 2. The zero-order chi connectivity index (χ0) is 19.0. The number of amides is 2. The minimum Gasteiger partial charge on any atom is -0.323 e. The quantitative estimate of drug-likeness (QED) is 0.719. The Bertz CT molecular complexity index is 1030. The standard InChI is InChI=1S/C19H14ClFN4O2/c20-14-3-1-2-4-15(14)23-19(27)16-9-17(26)24-18-13(10-22-25(16)18)11-5-7-12(21)8-6-11/h1-8,10,16H,9H2,(H,23,27)(H,24,26)/t16-/m1/s1. The molecule has 6 nitrogen and oxygen atoms in total. The van der Waals surface area contributed by atoms with Gasteiger partial charge in [0.15, 0.2) is 0 Å². The lowest BCUT2D eigenvalue weighted by Crippen LogP contribution is -2.35. The molecule has 1 aliphatic rings. The van der Waals surface area contributed by atoms with E-state index in [-0.39, 0.29) is 18.1 Å². The summed E-state index contributed by atoms with van der Waals surface area (Å²) in [5.41, 5.74) is 1.76. The second kappa shape index (κ2) is 6.85. The number of fused-ring (bicyclic) bond motifs is 1. The molecule has 1 aliphatic heterocycles. The Kier molecular flexibility index (Phi) is 4.37. The summed E-state index contributed by atoms with van der Waals surface area (Å²) in [6, 6.07) is 11.9. The number of para-hydroxylation sites is 1. The van der Waals surface area contributed by atoms with Crippen LogP contribution in [0.25, 0.3) is 11.1 Å². The largest absolute Gasteiger partial charge is 0.323 e. The highest BCUT2D eigenvalue weighted by atomic mass is 35.5. The summed E-state index contributed by atoms with van der Waals surface area (Å²) in [5.74, 6) is -0.656. The van der Waals surface area contributed by atoms with Gasteiger partial charge in [0, 0.05) is 5.56 Å². The molecule has 8 heteroatoms. The van der Waals surface area contributed by atoms with Crippen LogP contribution < -0.4 is 10.6 Å². The van der Waals surface area contributed by atoms with E-state index in [1.165, 1.54) is 16.8 Å². The summed E-state index contributed by atoms with van der Waals surface area (Å²) in [5, 5.41) is 10.2. The predicted molar refractivity (Wildman–Crippen MR) is 100.0 cm³/mol. The zero-order valence-electron chi connectivity index (χ0n) is 13.9. The molecule has 2 aromatic carbocycles. The first-order valence-electron chi connectivity index (χ1n) is 8.21. The lowest BCUT2D eigenvalue weighted by Gasteiger charge is -2.24. The Balaban J connectivity index is 1.67. The summed E-state index contributed by atoms with van der Waals surface area (Å²) >= 11 is 6.09. The van der Waals surface area contributed by atoms with Gasteiger partial charge < -0.3 is 10.6 Å². The van der Waals surface area contributed by atoms with Gasteiger partial charge in [0.05, 0.1) is 23.3 Å². The second-order valence-electron chi connectivity index (χ2n) is 6.10. The van der Waals surface area contributed by atoms with E-state index in [9.17, 15) is 14.0 Å². The second-order valence-corrected chi connectivity index (χ2v) is 6.50. The predicted octanol–water partition coefficient (Wildman–Crippen LogP) is 3.86. The van der Waals surface area contributed by atoms with Gasteiger partial charge in [0.1, 0.15) is 17.7 Å². The van der Waals surface area contributed by atoms with Gasteiger partial charge >= 0.3 is 0 Å². The monoisotopic (exact) mass is 384 g/mol. The van der Waals surface area contributed by atoms with E-state index in [2.05, 4.69) is 15.7 Å². The Hall–Kier alpha value is -3.19. The number of rotatable bonds is 3. The van der Waals surface area contributed by atoms with Crippen LogP contribution >= 0.6 is 11.6 Å². The molecule has 1 aromatic heterocycles. The fourth-order valence-electron chi connectivity index (χ4n) is 2.99. The molecule has 0 bridgehead atoms. The van der Waals surface area contributed by atoms with E-state index in [1.54, 1.807) is 42.6 Å². The van der Waals surface area contributed by atoms with Crippen molar-refractivity contribution >= 4 is 34.9 Å². The van der Waals surface area contributed by atoms with Crippen molar-refractivity contribution in [3.8, 4) is 11.1 Å².